The predicted molar refractivity (Wildman–Crippen MR) is 71.9 cm³/mol. The molecule has 0 saturated carbocycles. The first-order valence-corrected chi connectivity index (χ1v) is 5.25. The van der Waals surface area contributed by atoms with E-state index in [1.165, 1.54) is 0 Å². The summed E-state index contributed by atoms with van der Waals surface area (Å²) in [4.78, 5) is 11.9. The zero-order chi connectivity index (χ0) is 12.7. The average molecular weight is 228 g/mol. The van der Waals surface area contributed by atoms with Crippen LogP contribution in [0, 0.1) is 0 Å². The number of anilines is 1. The molecule has 0 spiro atoms. The number of benzene rings is 1. The van der Waals surface area contributed by atoms with E-state index in [-0.39, 0.29) is 5.91 Å². The molecule has 3 nitrogen and oxygen atoms in total. The Hall–Kier alpha value is -2.29. The van der Waals surface area contributed by atoms with Gasteiger partial charge in [-0.2, -0.15) is 0 Å². The second kappa shape index (κ2) is 6.33. The van der Waals surface area contributed by atoms with E-state index in [4.69, 9.17) is 0 Å². The van der Waals surface area contributed by atoms with Crippen LogP contribution in [0.15, 0.2) is 61.3 Å². The summed E-state index contributed by atoms with van der Waals surface area (Å²) < 4.78 is 0. The van der Waals surface area contributed by atoms with Gasteiger partial charge in [0, 0.05) is 24.0 Å². The van der Waals surface area contributed by atoms with Crippen molar-refractivity contribution < 1.29 is 4.79 Å². The molecule has 0 atom stereocenters. The lowest BCUT2D eigenvalue weighted by atomic mass is 10.2. The summed E-state index contributed by atoms with van der Waals surface area (Å²) in [5, 5.41) is 5.72. The summed E-state index contributed by atoms with van der Waals surface area (Å²) in [6.45, 7) is 7.19. The van der Waals surface area contributed by atoms with Gasteiger partial charge in [0.25, 0.3) is 5.91 Å². The maximum atomic E-state index is 11.9. The molecule has 1 rings (SSSR count). The molecule has 17 heavy (non-hydrogen) atoms. The maximum Gasteiger partial charge on any atom is 0.255 e. The lowest BCUT2D eigenvalue weighted by Crippen LogP contribution is -2.21. The van der Waals surface area contributed by atoms with Crippen LogP contribution in [0.25, 0.3) is 0 Å². The summed E-state index contributed by atoms with van der Waals surface area (Å²) in [7, 11) is 1.81. The van der Waals surface area contributed by atoms with Crippen molar-refractivity contribution in [3.63, 3.8) is 0 Å². The molecule has 0 unspecified atom stereocenters. The molecule has 1 aromatic rings. The summed E-state index contributed by atoms with van der Waals surface area (Å²) in [6, 6.07) is 7.26. The van der Waals surface area contributed by atoms with Crippen LogP contribution in [0.3, 0.4) is 0 Å². The van der Waals surface area contributed by atoms with Crippen LogP contribution in [-0.2, 0) is 0 Å². The molecule has 0 aliphatic heterocycles. The fraction of sp³-hybridized carbons (Fsp3) is 0.0714. The van der Waals surface area contributed by atoms with E-state index < -0.39 is 0 Å². The van der Waals surface area contributed by atoms with Gasteiger partial charge in [-0.05, 0) is 30.4 Å². The van der Waals surface area contributed by atoms with Gasteiger partial charge in [-0.15, -0.1) is 0 Å². The van der Waals surface area contributed by atoms with Crippen molar-refractivity contribution >= 4 is 11.6 Å². The van der Waals surface area contributed by atoms with Gasteiger partial charge in [-0.25, -0.2) is 0 Å². The Kier molecular flexibility index (Phi) is 4.76. The lowest BCUT2D eigenvalue weighted by molar-refractivity contribution is 0.0967. The molecular weight excluding hydrogens is 212 g/mol. The summed E-state index contributed by atoms with van der Waals surface area (Å²) >= 11 is 0. The topological polar surface area (TPSA) is 41.1 Å². The molecule has 0 fully saturated rings. The van der Waals surface area contributed by atoms with Crippen LogP contribution in [0.4, 0.5) is 5.69 Å². The molecule has 3 heteroatoms. The van der Waals surface area contributed by atoms with E-state index in [1.54, 1.807) is 30.4 Å². The van der Waals surface area contributed by atoms with Gasteiger partial charge in [0.05, 0.1) is 0 Å². The number of hydrogen-bond acceptors (Lipinski definition) is 2. The second-order valence-electron chi connectivity index (χ2n) is 3.35. The molecule has 0 aromatic heterocycles. The van der Waals surface area contributed by atoms with Crippen LogP contribution in [0.2, 0.25) is 0 Å². The van der Waals surface area contributed by atoms with E-state index in [0.29, 0.717) is 11.3 Å². The predicted octanol–water partition coefficient (Wildman–Crippen LogP) is 2.71. The van der Waals surface area contributed by atoms with E-state index in [2.05, 4.69) is 23.8 Å². The van der Waals surface area contributed by atoms with Gasteiger partial charge < -0.3 is 10.6 Å². The molecule has 0 bridgehead atoms. The number of carbonyl (C=O) groups is 1. The van der Waals surface area contributed by atoms with E-state index in [0.717, 1.165) is 5.69 Å². The Balaban J connectivity index is 2.85. The number of rotatable bonds is 5. The molecule has 2 N–H and O–H groups in total. The van der Waals surface area contributed by atoms with Gasteiger partial charge in [0.2, 0.25) is 0 Å². The quantitative estimate of drug-likeness (QED) is 0.761. The number of nitrogens with one attached hydrogen (secondary N) is 2. The zero-order valence-electron chi connectivity index (χ0n) is 9.86. The first-order valence-electron chi connectivity index (χ1n) is 5.25. The molecule has 0 aliphatic rings. The fourth-order valence-electron chi connectivity index (χ4n) is 1.31. The van der Waals surface area contributed by atoms with Crippen LogP contribution < -0.4 is 10.6 Å². The lowest BCUT2D eigenvalue weighted by Gasteiger charge is -2.07. The third-order valence-electron chi connectivity index (χ3n) is 2.19. The molecule has 1 amide bonds. The van der Waals surface area contributed by atoms with E-state index in [1.807, 2.05) is 19.2 Å². The Morgan fingerprint density at radius 2 is 2.12 bits per heavy atom. The highest BCUT2D eigenvalue weighted by Gasteiger charge is 2.06. The van der Waals surface area contributed by atoms with E-state index in [9.17, 15) is 4.79 Å². The molecule has 0 radical (unpaired) electrons. The number of amides is 1. The number of carbonyl (C=O) groups excluding carboxylic acids is 1. The van der Waals surface area contributed by atoms with Crippen molar-refractivity contribution in [2.24, 2.45) is 0 Å². The minimum absolute atomic E-state index is 0.171. The van der Waals surface area contributed by atoms with Crippen molar-refractivity contribution in [1.29, 1.82) is 0 Å². The first kappa shape index (κ1) is 12.8. The highest BCUT2D eigenvalue weighted by Crippen LogP contribution is 2.10. The van der Waals surface area contributed by atoms with Crippen LogP contribution in [-0.4, -0.2) is 13.0 Å². The normalized spacial score (nSPS) is 10.5. The van der Waals surface area contributed by atoms with Crippen LogP contribution in [0.5, 0.6) is 0 Å². The summed E-state index contributed by atoms with van der Waals surface area (Å²) in [6.07, 6.45) is 4.86. The monoisotopic (exact) mass is 228 g/mol. The minimum Gasteiger partial charge on any atom is -0.388 e. The molecule has 0 aliphatic carbocycles. The molecular formula is C14H16N2O. The Labute approximate surface area is 102 Å². The third-order valence-corrected chi connectivity index (χ3v) is 2.19. The molecule has 88 valence electrons. The summed E-state index contributed by atoms with van der Waals surface area (Å²) in [5.41, 5.74) is 2.11. The molecule has 0 saturated heterocycles. The van der Waals surface area contributed by atoms with Crippen LogP contribution >= 0.6 is 0 Å². The van der Waals surface area contributed by atoms with Gasteiger partial charge in [-0.1, -0.05) is 25.3 Å². The van der Waals surface area contributed by atoms with Crippen molar-refractivity contribution in [3.8, 4) is 0 Å². The molecule has 1 aromatic carbocycles. The van der Waals surface area contributed by atoms with Crippen molar-refractivity contribution in [3.05, 3.63) is 66.9 Å². The largest absolute Gasteiger partial charge is 0.388 e. The fourth-order valence-corrected chi connectivity index (χ4v) is 1.31. The smallest absolute Gasteiger partial charge is 0.255 e. The van der Waals surface area contributed by atoms with Gasteiger partial charge in [-0.3, -0.25) is 4.79 Å². The minimum atomic E-state index is -0.171. The van der Waals surface area contributed by atoms with Gasteiger partial charge in [0.1, 0.15) is 0 Å². The second-order valence-corrected chi connectivity index (χ2v) is 3.35. The van der Waals surface area contributed by atoms with Crippen molar-refractivity contribution in [2.75, 3.05) is 12.4 Å². The highest BCUT2D eigenvalue weighted by molar-refractivity contribution is 5.96. The van der Waals surface area contributed by atoms with Crippen LogP contribution in [0.1, 0.15) is 10.4 Å². The Morgan fingerprint density at radius 1 is 1.35 bits per heavy atom. The standard InChI is InChI=1S/C14H16N2O/c1-4-7-12(5-2)16-14(17)11-8-6-9-13(10-11)15-3/h4-10,15H,1-2H2,3H3,(H,16,17)/b12-7+. The van der Waals surface area contributed by atoms with E-state index >= 15 is 0 Å². The molecule has 0 heterocycles. The number of hydrogen-bond donors (Lipinski definition) is 2. The van der Waals surface area contributed by atoms with Gasteiger partial charge in [0.15, 0.2) is 0 Å². The van der Waals surface area contributed by atoms with Crippen molar-refractivity contribution in [2.45, 2.75) is 0 Å². The highest BCUT2D eigenvalue weighted by atomic mass is 16.1. The number of allylic oxidation sites excluding steroid dienone is 3. The third kappa shape index (κ3) is 3.65. The Bertz CT molecular complexity index is 461. The average Bonchev–Trinajstić information content (AvgIpc) is 2.38. The maximum absolute atomic E-state index is 11.9. The zero-order valence-corrected chi connectivity index (χ0v) is 9.86. The Morgan fingerprint density at radius 3 is 2.71 bits per heavy atom. The first-order chi connectivity index (χ1) is 8.21. The van der Waals surface area contributed by atoms with Crippen molar-refractivity contribution in [1.82, 2.24) is 5.32 Å². The SMILES string of the molecule is C=C/C=C(\C=C)NC(=O)c1cccc(NC)c1. The van der Waals surface area contributed by atoms with Gasteiger partial charge >= 0.3 is 0 Å². The summed E-state index contributed by atoms with van der Waals surface area (Å²) in [5.74, 6) is -0.171.